The van der Waals surface area contributed by atoms with Gasteiger partial charge in [-0.05, 0) is 30.1 Å². The summed E-state index contributed by atoms with van der Waals surface area (Å²) in [6, 6.07) is 0. The van der Waals surface area contributed by atoms with E-state index < -0.39 is 0 Å². The molecule has 1 aliphatic rings. The zero-order chi connectivity index (χ0) is 10.1. The van der Waals surface area contributed by atoms with Crippen LogP contribution >= 0.6 is 0 Å². The topological polar surface area (TPSA) is 9.23 Å². The Bertz CT molecular complexity index is 157. The van der Waals surface area contributed by atoms with Gasteiger partial charge >= 0.3 is 0 Å². The summed E-state index contributed by atoms with van der Waals surface area (Å²) in [6.07, 6.45) is 4.54. The molecule has 0 spiro atoms. The first-order valence-electron chi connectivity index (χ1n) is 5.49. The van der Waals surface area contributed by atoms with Crippen molar-refractivity contribution in [3.63, 3.8) is 0 Å². The number of hydrogen-bond acceptors (Lipinski definition) is 1. The lowest BCUT2D eigenvalue weighted by Gasteiger charge is -2.42. The van der Waals surface area contributed by atoms with E-state index in [-0.39, 0.29) is 0 Å². The summed E-state index contributed by atoms with van der Waals surface area (Å²) < 4.78 is 5.64. The van der Waals surface area contributed by atoms with Crippen LogP contribution in [0, 0.1) is 17.3 Å². The summed E-state index contributed by atoms with van der Waals surface area (Å²) >= 11 is 0. The van der Waals surface area contributed by atoms with Gasteiger partial charge in [0.2, 0.25) is 0 Å². The van der Waals surface area contributed by atoms with E-state index >= 15 is 0 Å². The quantitative estimate of drug-likeness (QED) is 0.606. The molecule has 0 saturated heterocycles. The molecule has 3 atom stereocenters. The third-order valence-corrected chi connectivity index (χ3v) is 3.52. The minimum atomic E-state index is 0.398. The average molecular weight is 184 g/mol. The van der Waals surface area contributed by atoms with Crippen molar-refractivity contribution in [3.8, 4) is 0 Å². The van der Waals surface area contributed by atoms with E-state index in [1.165, 1.54) is 19.3 Å². The molecule has 1 saturated carbocycles. The lowest BCUT2D eigenvalue weighted by atomic mass is 9.67. The second-order valence-corrected chi connectivity index (χ2v) is 5.58. The second kappa shape index (κ2) is 4.00. The molecule has 0 aromatic heterocycles. The number of methoxy groups -OCH3 is 1. The molecule has 0 radical (unpaired) electrons. The van der Waals surface area contributed by atoms with E-state index in [1.807, 2.05) is 7.11 Å². The van der Waals surface area contributed by atoms with Gasteiger partial charge in [-0.2, -0.15) is 0 Å². The molecule has 0 aromatic carbocycles. The Morgan fingerprint density at radius 1 is 1.15 bits per heavy atom. The third-order valence-electron chi connectivity index (χ3n) is 3.52. The lowest BCUT2D eigenvalue weighted by Crippen LogP contribution is -2.40. The molecule has 0 N–H and O–H groups in total. The summed E-state index contributed by atoms with van der Waals surface area (Å²) in [5.41, 5.74) is 0.398. The van der Waals surface area contributed by atoms with Crippen LogP contribution in [0.4, 0.5) is 0 Å². The van der Waals surface area contributed by atoms with E-state index in [2.05, 4.69) is 27.7 Å². The van der Waals surface area contributed by atoms with Crippen LogP contribution in [0.2, 0.25) is 0 Å². The van der Waals surface area contributed by atoms with Crippen LogP contribution in [0.25, 0.3) is 0 Å². The highest BCUT2D eigenvalue weighted by atomic mass is 16.5. The predicted molar refractivity (Wildman–Crippen MR) is 56.8 cm³/mol. The lowest BCUT2D eigenvalue weighted by molar-refractivity contribution is -0.0532. The standard InChI is InChI=1S/C12H24O/c1-9-7-6-8-10(11(9)13-5)12(2,3)4/h9-11H,6-8H2,1-5H3. The van der Waals surface area contributed by atoms with Crippen LogP contribution in [-0.2, 0) is 4.74 Å². The van der Waals surface area contributed by atoms with Crippen molar-refractivity contribution < 1.29 is 4.74 Å². The highest BCUT2D eigenvalue weighted by Crippen LogP contribution is 2.41. The second-order valence-electron chi connectivity index (χ2n) is 5.58. The van der Waals surface area contributed by atoms with Crippen LogP contribution in [0.1, 0.15) is 47.0 Å². The molecular formula is C12H24O. The van der Waals surface area contributed by atoms with Crippen molar-refractivity contribution in [2.45, 2.75) is 53.1 Å². The Balaban J connectivity index is 2.70. The molecule has 13 heavy (non-hydrogen) atoms. The van der Waals surface area contributed by atoms with Gasteiger partial charge in [0.05, 0.1) is 6.10 Å². The SMILES string of the molecule is COC1C(C)CCCC1C(C)(C)C. The van der Waals surface area contributed by atoms with E-state index in [9.17, 15) is 0 Å². The molecule has 0 aliphatic heterocycles. The number of ether oxygens (including phenoxy) is 1. The van der Waals surface area contributed by atoms with Crippen molar-refractivity contribution in [3.05, 3.63) is 0 Å². The number of hydrogen-bond donors (Lipinski definition) is 0. The maximum absolute atomic E-state index is 5.64. The molecule has 3 unspecified atom stereocenters. The summed E-state index contributed by atoms with van der Waals surface area (Å²) in [7, 11) is 1.87. The molecule has 1 rings (SSSR count). The van der Waals surface area contributed by atoms with Crippen LogP contribution in [-0.4, -0.2) is 13.2 Å². The van der Waals surface area contributed by atoms with E-state index in [0.717, 1.165) is 11.8 Å². The van der Waals surface area contributed by atoms with Crippen molar-refractivity contribution in [2.75, 3.05) is 7.11 Å². The normalized spacial score (nSPS) is 36.2. The van der Waals surface area contributed by atoms with Crippen molar-refractivity contribution in [1.82, 2.24) is 0 Å². The van der Waals surface area contributed by atoms with Crippen molar-refractivity contribution in [2.24, 2.45) is 17.3 Å². The zero-order valence-corrected chi connectivity index (χ0v) is 9.76. The fourth-order valence-corrected chi connectivity index (χ4v) is 2.71. The minimum absolute atomic E-state index is 0.398. The summed E-state index contributed by atoms with van der Waals surface area (Å²) in [5.74, 6) is 1.48. The molecule has 78 valence electrons. The smallest absolute Gasteiger partial charge is 0.0629 e. The van der Waals surface area contributed by atoms with Gasteiger partial charge in [0.1, 0.15) is 0 Å². The Labute approximate surface area is 82.9 Å². The van der Waals surface area contributed by atoms with Crippen molar-refractivity contribution >= 4 is 0 Å². The van der Waals surface area contributed by atoms with Gasteiger partial charge in [0.15, 0.2) is 0 Å². The molecule has 0 aromatic rings. The maximum atomic E-state index is 5.64. The van der Waals surface area contributed by atoms with Gasteiger partial charge < -0.3 is 4.74 Å². The minimum Gasteiger partial charge on any atom is -0.381 e. The molecule has 1 nitrogen and oxygen atoms in total. The van der Waals surface area contributed by atoms with Gasteiger partial charge in [-0.3, -0.25) is 0 Å². The van der Waals surface area contributed by atoms with Gasteiger partial charge in [-0.15, -0.1) is 0 Å². The third kappa shape index (κ3) is 2.46. The molecular weight excluding hydrogens is 160 g/mol. The fraction of sp³-hybridized carbons (Fsp3) is 1.00. The monoisotopic (exact) mass is 184 g/mol. The first-order chi connectivity index (χ1) is 5.96. The Morgan fingerprint density at radius 2 is 1.77 bits per heavy atom. The highest BCUT2D eigenvalue weighted by molar-refractivity contribution is 4.87. The van der Waals surface area contributed by atoms with Crippen molar-refractivity contribution in [1.29, 1.82) is 0 Å². The molecule has 0 amide bonds. The summed E-state index contributed by atoms with van der Waals surface area (Å²) in [4.78, 5) is 0. The largest absolute Gasteiger partial charge is 0.381 e. The molecule has 0 heterocycles. The van der Waals surface area contributed by atoms with Gasteiger partial charge in [-0.1, -0.05) is 34.1 Å². The first-order valence-corrected chi connectivity index (χ1v) is 5.49. The Morgan fingerprint density at radius 3 is 2.15 bits per heavy atom. The zero-order valence-electron chi connectivity index (χ0n) is 9.76. The molecule has 1 fully saturated rings. The molecule has 0 bridgehead atoms. The van der Waals surface area contributed by atoms with Gasteiger partial charge in [0.25, 0.3) is 0 Å². The number of rotatable bonds is 1. The summed E-state index contributed by atoms with van der Waals surface area (Å²) in [5, 5.41) is 0. The van der Waals surface area contributed by atoms with E-state index in [0.29, 0.717) is 11.5 Å². The Kier molecular flexibility index (Phi) is 3.39. The van der Waals surface area contributed by atoms with Crippen LogP contribution < -0.4 is 0 Å². The first kappa shape index (κ1) is 11.0. The van der Waals surface area contributed by atoms with Crippen LogP contribution in [0.15, 0.2) is 0 Å². The predicted octanol–water partition coefficient (Wildman–Crippen LogP) is 3.48. The van der Waals surface area contributed by atoms with Crippen LogP contribution in [0.3, 0.4) is 0 Å². The average Bonchev–Trinajstić information content (AvgIpc) is 2.02. The van der Waals surface area contributed by atoms with E-state index in [4.69, 9.17) is 4.74 Å². The summed E-state index contributed by atoms with van der Waals surface area (Å²) in [6.45, 7) is 9.33. The van der Waals surface area contributed by atoms with Gasteiger partial charge in [-0.25, -0.2) is 0 Å². The molecule has 1 aliphatic carbocycles. The molecule has 1 heteroatoms. The Hall–Kier alpha value is -0.0400. The van der Waals surface area contributed by atoms with E-state index in [1.54, 1.807) is 0 Å². The van der Waals surface area contributed by atoms with Gasteiger partial charge in [0, 0.05) is 7.11 Å². The fourth-order valence-electron chi connectivity index (χ4n) is 2.71. The maximum Gasteiger partial charge on any atom is 0.0629 e. The van der Waals surface area contributed by atoms with Crippen LogP contribution in [0.5, 0.6) is 0 Å². The highest BCUT2D eigenvalue weighted by Gasteiger charge is 2.37.